The quantitative estimate of drug-likeness (QED) is 0.928. The second kappa shape index (κ2) is 5.10. The van der Waals surface area contributed by atoms with E-state index in [2.05, 4.69) is 0 Å². The van der Waals surface area contributed by atoms with Crippen molar-refractivity contribution in [2.24, 2.45) is 0 Å². The fourth-order valence-corrected chi connectivity index (χ4v) is 2.55. The molecule has 1 aliphatic rings. The lowest BCUT2D eigenvalue weighted by molar-refractivity contribution is 0.0996. The number of hydrogen-bond acceptors (Lipinski definition) is 2. The Hall–Kier alpha value is -2.13. The maximum absolute atomic E-state index is 12.4. The molecule has 0 radical (unpaired) electrons. The van der Waals surface area contributed by atoms with Gasteiger partial charge < -0.3 is 10.0 Å². The first-order valence-electron chi connectivity index (χ1n) is 6.81. The Morgan fingerprint density at radius 3 is 2.50 bits per heavy atom. The van der Waals surface area contributed by atoms with E-state index in [1.54, 1.807) is 4.90 Å². The number of hydrogen-bond donors (Lipinski definition) is 1. The van der Waals surface area contributed by atoms with Gasteiger partial charge in [0.2, 0.25) is 0 Å². The van der Waals surface area contributed by atoms with E-state index in [0.717, 1.165) is 22.4 Å². The van der Waals surface area contributed by atoms with E-state index in [4.69, 9.17) is 5.11 Å². The normalized spacial score (nSPS) is 15.3. The zero-order valence-electron chi connectivity index (χ0n) is 11.4. The van der Waals surface area contributed by atoms with E-state index in [-0.39, 0.29) is 18.4 Å². The zero-order valence-corrected chi connectivity index (χ0v) is 11.4. The van der Waals surface area contributed by atoms with E-state index >= 15 is 0 Å². The van der Waals surface area contributed by atoms with Gasteiger partial charge in [0.15, 0.2) is 0 Å². The fourth-order valence-electron chi connectivity index (χ4n) is 2.55. The van der Waals surface area contributed by atoms with Crippen molar-refractivity contribution in [1.29, 1.82) is 0 Å². The highest BCUT2D eigenvalue weighted by molar-refractivity contribution is 6.09. The minimum Gasteiger partial charge on any atom is -0.396 e. The lowest BCUT2D eigenvalue weighted by Crippen LogP contribution is -2.22. The van der Waals surface area contributed by atoms with Crippen LogP contribution in [0.15, 0.2) is 48.5 Å². The van der Waals surface area contributed by atoms with Crippen LogP contribution in [0.25, 0.3) is 0 Å². The summed E-state index contributed by atoms with van der Waals surface area (Å²) in [7, 11) is 0. The molecule has 0 aromatic heterocycles. The summed E-state index contributed by atoms with van der Waals surface area (Å²) in [5.74, 6) is 0.180. The number of benzene rings is 2. The van der Waals surface area contributed by atoms with Crippen molar-refractivity contribution in [2.45, 2.75) is 19.4 Å². The molecule has 1 aliphatic heterocycles. The third-order valence-electron chi connectivity index (χ3n) is 3.87. The second-order valence-electron chi connectivity index (χ2n) is 5.22. The minimum atomic E-state index is 0.0588. The van der Waals surface area contributed by atoms with Crippen LogP contribution < -0.4 is 4.90 Å². The molecule has 0 fully saturated rings. The molecule has 1 heterocycles. The van der Waals surface area contributed by atoms with Gasteiger partial charge in [0.05, 0.1) is 6.54 Å². The lowest BCUT2D eigenvalue weighted by atomic mass is 10.0. The molecule has 0 saturated heterocycles. The van der Waals surface area contributed by atoms with Gasteiger partial charge in [0.25, 0.3) is 5.91 Å². The summed E-state index contributed by atoms with van der Waals surface area (Å²) in [5.41, 5.74) is 3.85. The monoisotopic (exact) mass is 267 g/mol. The van der Waals surface area contributed by atoms with Crippen molar-refractivity contribution in [2.75, 3.05) is 11.5 Å². The Kier molecular flexibility index (Phi) is 3.28. The highest BCUT2D eigenvalue weighted by Crippen LogP contribution is 2.29. The van der Waals surface area contributed by atoms with Crippen molar-refractivity contribution in [1.82, 2.24) is 0 Å². The highest BCUT2D eigenvalue weighted by atomic mass is 16.3. The molecule has 1 amide bonds. The van der Waals surface area contributed by atoms with Gasteiger partial charge in [-0.3, -0.25) is 4.79 Å². The Morgan fingerprint density at radius 1 is 1.15 bits per heavy atom. The predicted octanol–water partition coefficient (Wildman–Crippen LogP) is 2.94. The molecule has 0 bridgehead atoms. The van der Waals surface area contributed by atoms with E-state index in [1.165, 1.54) is 0 Å². The third kappa shape index (κ3) is 2.10. The van der Waals surface area contributed by atoms with Crippen molar-refractivity contribution in [3.8, 4) is 0 Å². The van der Waals surface area contributed by atoms with Crippen LogP contribution in [0.1, 0.15) is 34.3 Å². The molecular formula is C17H17NO2. The number of carbonyl (C=O) groups is 1. The Labute approximate surface area is 118 Å². The van der Waals surface area contributed by atoms with Crippen LogP contribution in [-0.2, 0) is 6.54 Å². The van der Waals surface area contributed by atoms with Crippen molar-refractivity contribution < 1.29 is 9.90 Å². The van der Waals surface area contributed by atoms with Crippen molar-refractivity contribution >= 4 is 11.6 Å². The summed E-state index contributed by atoms with van der Waals surface area (Å²) < 4.78 is 0. The predicted molar refractivity (Wildman–Crippen MR) is 78.9 cm³/mol. The summed E-state index contributed by atoms with van der Waals surface area (Å²) >= 11 is 0. The van der Waals surface area contributed by atoms with E-state index in [9.17, 15) is 4.79 Å². The number of anilines is 1. The van der Waals surface area contributed by atoms with E-state index < -0.39 is 0 Å². The Bertz CT molecular complexity index is 634. The van der Waals surface area contributed by atoms with Gasteiger partial charge in [-0.05, 0) is 29.3 Å². The summed E-state index contributed by atoms with van der Waals surface area (Å²) in [5, 5.41) is 9.16. The van der Waals surface area contributed by atoms with Crippen molar-refractivity contribution in [3.05, 3.63) is 65.2 Å². The first-order valence-corrected chi connectivity index (χ1v) is 6.81. The Balaban J connectivity index is 1.87. The maximum atomic E-state index is 12.4. The number of rotatable bonds is 3. The number of fused-ring (bicyclic) bond motifs is 1. The molecule has 1 unspecified atom stereocenters. The van der Waals surface area contributed by atoms with Crippen molar-refractivity contribution in [3.63, 3.8) is 0 Å². The average molecular weight is 267 g/mol. The van der Waals surface area contributed by atoms with Crippen LogP contribution in [0.5, 0.6) is 0 Å². The van der Waals surface area contributed by atoms with Gasteiger partial charge in [0, 0.05) is 23.8 Å². The standard InChI is InChI=1S/C17H17NO2/c1-12(11-19)13-6-8-15(9-7-13)18-10-14-4-2-3-5-16(14)17(18)20/h2-9,12,19H,10-11H2,1H3. The van der Waals surface area contributed by atoms with E-state index in [0.29, 0.717) is 6.54 Å². The van der Waals surface area contributed by atoms with Crippen LogP contribution in [0.4, 0.5) is 5.69 Å². The topological polar surface area (TPSA) is 40.5 Å². The minimum absolute atomic E-state index is 0.0588. The summed E-state index contributed by atoms with van der Waals surface area (Å²) in [4.78, 5) is 14.1. The smallest absolute Gasteiger partial charge is 0.258 e. The number of aliphatic hydroxyl groups excluding tert-OH is 1. The molecule has 102 valence electrons. The van der Waals surface area contributed by atoms with Gasteiger partial charge >= 0.3 is 0 Å². The van der Waals surface area contributed by atoms with Gasteiger partial charge in [-0.25, -0.2) is 0 Å². The largest absolute Gasteiger partial charge is 0.396 e. The van der Waals surface area contributed by atoms with Gasteiger partial charge in [0.1, 0.15) is 0 Å². The van der Waals surface area contributed by atoms with Crippen LogP contribution in [-0.4, -0.2) is 17.6 Å². The van der Waals surface area contributed by atoms with Crippen LogP contribution >= 0.6 is 0 Å². The third-order valence-corrected chi connectivity index (χ3v) is 3.87. The number of nitrogens with zero attached hydrogens (tertiary/aromatic N) is 1. The first-order chi connectivity index (χ1) is 9.70. The van der Waals surface area contributed by atoms with Gasteiger partial charge in [-0.1, -0.05) is 37.3 Å². The zero-order chi connectivity index (χ0) is 14.1. The number of carbonyl (C=O) groups excluding carboxylic acids is 1. The van der Waals surface area contributed by atoms with Crippen LogP contribution in [0.2, 0.25) is 0 Å². The molecule has 0 saturated carbocycles. The number of amides is 1. The number of aliphatic hydroxyl groups is 1. The maximum Gasteiger partial charge on any atom is 0.258 e. The lowest BCUT2D eigenvalue weighted by Gasteiger charge is -2.17. The van der Waals surface area contributed by atoms with Gasteiger partial charge in [-0.2, -0.15) is 0 Å². The summed E-state index contributed by atoms with van der Waals surface area (Å²) in [6.45, 7) is 2.74. The molecule has 1 N–H and O–H groups in total. The first kappa shape index (κ1) is 12.9. The summed E-state index contributed by atoms with van der Waals surface area (Å²) in [6.07, 6.45) is 0. The molecule has 1 atom stereocenters. The van der Waals surface area contributed by atoms with Crippen LogP contribution in [0.3, 0.4) is 0 Å². The average Bonchev–Trinajstić information content (AvgIpc) is 2.84. The molecule has 3 heteroatoms. The highest BCUT2D eigenvalue weighted by Gasteiger charge is 2.27. The molecule has 3 nitrogen and oxygen atoms in total. The molecule has 2 aromatic rings. The summed E-state index contributed by atoms with van der Waals surface area (Å²) in [6, 6.07) is 15.6. The SMILES string of the molecule is CC(CO)c1ccc(N2Cc3ccccc3C2=O)cc1. The molecule has 2 aromatic carbocycles. The molecule has 0 aliphatic carbocycles. The van der Waals surface area contributed by atoms with E-state index in [1.807, 2.05) is 55.5 Å². The van der Waals surface area contributed by atoms with Gasteiger partial charge in [-0.15, -0.1) is 0 Å². The molecule has 20 heavy (non-hydrogen) atoms. The molecule has 0 spiro atoms. The molecular weight excluding hydrogens is 250 g/mol. The second-order valence-corrected chi connectivity index (χ2v) is 5.22. The Morgan fingerprint density at radius 2 is 1.85 bits per heavy atom. The van der Waals surface area contributed by atoms with Crippen LogP contribution in [0, 0.1) is 0 Å². The molecule has 3 rings (SSSR count). The fraction of sp³-hybridized carbons (Fsp3) is 0.235.